The summed E-state index contributed by atoms with van der Waals surface area (Å²) >= 11 is 5.71. The van der Waals surface area contributed by atoms with Gasteiger partial charge < -0.3 is 15.2 Å². The third kappa shape index (κ3) is 6.28. The highest BCUT2D eigenvalue weighted by atomic mass is 35.5. The summed E-state index contributed by atoms with van der Waals surface area (Å²) in [5, 5.41) is 12.6. The number of nitrogens with one attached hydrogen (secondary N) is 2. The number of carbonyl (C=O) groups excluding carboxylic acids is 2. The zero-order valence-electron chi connectivity index (χ0n) is 14.0. The number of amides is 1. The van der Waals surface area contributed by atoms with Crippen LogP contribution in [-0.2, 0) is 24.3 Å². The quantitative estimate of drug-likeness (QED) is 0.552. The second kappa shape index (κ2) is 9.14. The van der Waals surface area contributed by atoms with E-state index >= 15 is 0 Å². The van der Waals surface area contributed by atoms with Crippen molar-refractivity contribution in [2.45, 2.75) is 43.9 Å². The van der Waals surface area contributed by atoms with E-state index in [1.807, 2.05) is 0 Å². The van der Waals surface area contributed by atoms with Crippen LogP contribution in [0, 0.1) is 0 Å². The summed E-state index contributed by atoms with van der Waals surface area (Å²) in [5.41, 5.74) is 0. The van der Waals surface area contributed by atoms with Gasteiger partial charge in [0.1, 0.15) is 6.04 Å². The van der Waals surface area contributed by atoms with Gasteiger partial charge in [0.25, 0.3) is 5.91 Å². The lowest BCUT2D eigenvalue weighted by Gasteiger charge is -2.22. The molecule has 0 spiro atoms. The van der Waals surface area contributed by atoms with Gasteiger partial charge in [-0.25, -0.2) is 8.42 Å². The van der Waals surface area contributed by atoms with Crippen LogP contribution in [0.3, 0.4) is 0 Å². The molecule has 0 unspecified atom stereocenters. The lowest BCUT2D eigenvalue weighted by Crippen LogP contribution is -2.50. The Balaban J connectivity index is 2.91. The van der Waals surface area contributed by atoms with E-state index in [1.54, 1.807) is 6.92 Å². The van der Waals surface area contributed by atoms with E-state index < -0.39 is 40.1 Å². The van der Waals surface area contributed by atoms with E-state index in [9.17, 15) is 23.1 Å². The second-order valence-electron chi connectivity index (χ2n) is 5.27. The van der Waals surface area contributed by atoms with E-state index in [0.29, 0.717) is 11.6 Å². The van der Waals surface area contributed by atoms with Crippen molar-refractivity contribution in [3.63, 3.8) is 0 Å². The van der Waals surface area contributed by atoms with Gasteiger partial charge in [-0.15, -0.1) is 0 Å². The van der Waals surface area contributed by atoms with E-state index in [4.69, 9.17) is 16.3 Å². The minimum absolute atomic E-state index is 0.132. The van der Waals surface area contributed by atoms with Crippen LogP contribution in [0.25, 0.3) is 0 Å². The predicted octanol–water partition coefficient (Wildman–Crippen LogP) is 0.435. The molecule has 0 aliphatic rings. The number of hydrogen-bond acceptors (Lipinski definition) is 6. The summed E-state index contributed by atoms with van der Waals surface area (Å²) < 4.78 is 31.7. The van der Waals surface area contributed by atoms with Gasteiger partial charge in [0.15, 0.2) is 6.10 Å². The topological polar surface area (TPSA) is 122 Å². The number of ether oxygens (including phenoxy) is 1. The maximum absolute atomic E-state index is 12.3. The van der Waals surface area contributed by atoms with Crippen molar-refractivity contribution < 1.29 is 27.9 Å². The molecule has 1 rings (SSSR count). The molecule has 0 saturated heterocycles. The van der Waals surface area contributed by atoms with Crippen LogP contribution in [-0.4, -0.2) is 50.2 Å². The molecule has 25 heavy (non-hydrogen) atoms. The minimum Gasteiger partial charge on any atom is -0.451 e. The summed E-state index contributed by atoms with van der Waals surface area (Å²) in [4.78, 5) is 23.6. The molecule has 0 aromatic heterocycles. The average molecular weight is 393 g/mol. The van der Waals surface area contributed by atoms with Crippen molar-refractivity contribution in [3.05, 3.63) is 29.3 Å². The van der Waals surface area contributed by atoms with Crippen LogP contribution in [0.15, 0.2) is 29.2 Å². The summed E-state index contributed by atoms with van der Waals surface area (Å²) in [6.07, 6.45) is -2.51. The van der Waals surface area contributed by atoms with Crippen LogP contribution >= 0.6 is 11.6 Å². The lowest BCUT2D eigenvalue weighted by atomic mass is 10.2. The number of aliphatic hydroxyl groups excluding tert-OH is 1. The zero-order valence-corrected chi connectivity index (χ0v) is 15.6. The van der Waals surface area contributed by atoms with Gasteiger partial charge in [-0.2, -0.15) is 4.72 Å². The second-order valence-corrected chi connectivity index (χ2v) is 7.42. The molecule has 0 aliphatic carbocycles. The number of likely N-dealkylation sites (N-methyl/N-ethyl adjacent to an activating group) is 1. The lowest BCUT2D eigenvalue weighted by molar-refractivity contribution is -0.158. The Hall–Kier alpha value is -1.68. The average Bonchev–Trinajstić information content (AvgIpc) is 2.52. The van der Waals surface area contributed by atoms with Gasteiger partial charge in [0, 0.05) is 11.6 Å². The van der Waals surface area contributed by atoms with Crippen molar-refractivity contribution in [2.24, 2.45) is 0 Å². The number of rotatable bonds is 8. The fourth-order valence-electron chi connectivity index (χ4n) is 1.81. The molecule has 1 amide bonds. The molecular formula is C15H21ClN2O6S. The fourth-order valence-corrected chi connectivity index (χ4v) is 3.20. The SMILES string of the molecule is CCNC(=O)[C@H](C)OC(=O)[C@H](NS(=O)(=O)c1ccc(Cl)cc1)[C@@H](C)O. The van der Waals surface area contributed by atoms with Crippen LogP contribution in [0.1, 0.15) is 20.8 Å². The molecule has 0 saturated carbocycles. The highest BCUT2D eigenvalue weighted by molar-refractivity contribution is 7.89. The van der Waals surface area contributed by atoms with Crippen molar-refractivity contribution in [3.8, 4) is 0 Å². The van der Waals surface area contributed by atoms with Crippen LogP contribution < -0.4 is 10.0 Å². The van der Waals surface area contributed by atoms with Crippen LogP contribution in [0.4, 0.5) is 0 Å². The van der Waals surface area contributed by atoms with Gasteiger partial charge >= 0.3 is 5.97 Å². The summed E-state index contributed by atoms with van der Waals surface area (Å²) in [6, 6.07) is 3.70. The molecule has 1 aromatic carbocycles. The maximum atomic E-state index is 12.3. The first-order valence-corrected chi connectivity index (χ1v) is 9.38. The number of carbonyl (C=O) groups is 2. The normalized spacial score (nSPS) is 15.1. The van der Waals surface area contributed by atoms with Crippen molar-refractivity contribution in [1.82, 2.24) is 10.0 Å². The third-order valence-corrected chi connectivity index (χ3v) is 4.86. The van der Waals surface area contributed by atoms with Crippen molar-refractivity contribution in [1.29, 1.82) is 0 Å². The van der Waals surface area contributed by atoms with Crippen molar-refractivity contribution in [2.75, 3.05) is 6.54 Å². The van der Waals surface area contributed by atoms with Crippen LogP contribution in [0.2, 0.25) is 5.02 Å². The zero-order chi connectivity index (χ0) is 19.2. The van der Waals surface area contributed by atoms with Crippen molar-refractivity contribution >= 4 is 33.5 Å². The maximum Gasteiger partial charge on any atom is 0.327 e. The molecule has 0 aliphatic heterocycles. The Morgan fingerprint density at radius 1 is 1.24 bits per heavy atom. The summed E-state index contributed by atoms with van der Waals surface area (Å²) in [5.74, 6) is -1.59. The molecule has 0 fully saturated rings. The molecule has 0 heterocycles. The van der Waals surface area contributed by atoms with Gasteiger partial charge in [0.05, 0.1) is 11.0 Å². The van der Waals surface area contributed by atoms with E-state index in [1.165, 1.54) is 38.1 Å². The van der Waals surface area contributed by atoms with Gasteiger partial charge in [-0.05, 0) is 45.0 Å². The standard InChI is InChI=1S/C15H21ClN2O6S/c1-4-17-14(20)10(3)24-15(21)13(9(2)19)18-25(22,23)12-7-5-11(16)6-8-12/h5-10,13,18-19H,4H2,1-3H3,(H,17,20)/t9-,10+,13-/m1/s1. The summed E-state index contributed by atoms with van der Waals surface area (Å²) in [7, 11) is -4.10. The number of aliphatic hydroxyl groups is 1. The molecule has 10 heteroatoms. The number of sulfonamides is 1. The van der Waals surface area contributed by atoms with E-state index in [2.05, 4.69) is 10.0 Å². The van der Waals surface area contributed by atoms with Gasteiger partial charge in [-0.1, -0.05) is 11.6 Å². The molecule has 1 aromatic rings. The Morgan fingerprint density at radius 2 is 1.80 bits per heavy atom. The number of esters is 1. The van der Waals surface area contributed by atoms with Crippen LogP contribution in [0.5, 0.6) is 0 Å². The largest absolute Gasteiger partial charge is 0.451 e. The third-order valence-electron chi connectivity index (χ3n) is 3.16. The Kier molecular flexibility index (Phi) is 7.81. The monoisotopic (exact) mass is 392 g/mol. The molecule has 3 atom stereocenters. The Labute approximate surface area is 151 Å². The number of hydrogen-bond donors (Lipinski definition) is 3. The van der Waals surface area contributed by atoms with Gasteiger partial charge in [0.2, 0.25) is 10.0 Å². The minimum atomic E-state index is -4.10. The molecule has 140 valence electrons. The number of halogens is 1. The molecule has 0 radical (unpaired) electrons. The Bertz CT molecular complexity index is 705. The van der Waals surface area contributed by atoms with Gasteiger partial charge in [-0.3, -0.25) is 9.59 Å². The Morgan fingerprint density at radius 3 is 2.28 bits per heavy atom. The first kappa shape index (κ1) is 21.4. The van der Waals surface area contributed by atoms with E-state index in [0.717, 1.165) is 0 Å². The summed E-state index contributed by atoms with van der Waals surface area (Å²) in [6.45, 7) is 4.62. The molecule has 0 bridgehead atoms. The molecule has 3 N–H and O–H groups in total. The highest BCUT2D eigenvalue weighted by Crippen LogP contribution is 2.15. The predicted molar refractivity (Wildman–Crippen MR) is 91.5 cm³/mol. The fraction of sp³-hybridized carbons (Fsp3) is 0.467. The first-order valence-electron chi connectivity index (χ1n) is 7.52. The molecule has 8 nitrogen and oxygen atoms in total. The highest BCUT2D eigenvalue weighted by Gasteiger charge is 2.32. The number of benzene rings is 1. The molecular weight excluding hydrogens is 372 g/mol. The smallest absolute Gasteiger partial charge is 0.327 e. The first-order chi connectivity index (χ1) is 11.6. The van der Waals surface area contributed by atoms with E-state index in [-0.39, 0.29) is 4.90 Å².